The number of hydrogen-bond acceptors (Lipinski definition) is 3. The Morgan fingerprint density at radius 3 is 2.59 bits per heavy atom. The number of carboxylic acids is 1. The molecule has 6 heteroatoms. The van der Waals surface area contributed by atoms with Gasteiger partial charge in [-0.3, -0.25) is 9.59 Å². The molecule has 0 saturated carbocycles. The summed E-state index contributed by atoms with van der Waals surface area (Å²) in [5, 5.41) is 8.77. The number of thiophene rings is 1. The predicted molar refractivity (Wildman–Crippen MR) is 70.6 cm³/mol. The Morgan fingerprint density at radius 1 is 1.53 bits per heavy atom. The van der Waals surface area contributed by atoms with Gasteiger partial charge >= 0.3 is 5.97 Å². The molecule has 1 N–H and O–H groups in total. The first-order valence-corrected chi connectivity index (χ1v) is 6.83. The van der Waals surface area contributed by atoms with Crippen molar-refractivity contribution in [2.24, 2.45) is 0 Å². The van der Waals surface area contributed by atoms with Gasteiger partial charge in [0, 0.05) is 15.9 Å². The van der Waals surface area contributed by atoms with E-state index in [0.29, 0.717) is 11.4 Å². The molecule has 0 fully saturated rings. The first-order chi connectivity index (χ1) is 7.95. The molecule has 1 heterocycles. The minimum atomic E-state index is -0.987. The number of carboxylic acid groups (broad SMARTS) is 1. The van der Waals surface area contributed by atoms with Crippen LogP contribution in [0.25, 0.3) is 0 Å². The zero-order chi connectivity index (χ0) is 13.0. The maximum Gasteiger partial charge on any atom is 0.323 e. The largest absolute Gasteiger partial charge is 0.480 e. The van der Waals surface area contributed by atoms with E-state index in [1.165, 1.54) is 16.2 Å². The van der Waals surface area contributed by atoms with Crippen molar-refractivity contribution in [3.05, 3.63) is 20.3 Å². The van der Waals surface area contributed by atoms with Crippen LogP contribution in [0.5, 0.6) is 0 Å². The maximum atomic E-state index is 12.1. The van der Waals surface area contributed by atoms with E-state index in [4.69, 9.17) is 5.11 Å². The number of aliphatic carboxylic acids is 1. The highest BCUT2D eigenvalue weighted by Gasteiger charge is 2.20. The van der Waals surface area contributed by atoms with E-state index in [1.54, 1.807) is 6.07 Å². The molecule has 0 bridgehead atoms. The van der Waals surface area contributed by atoms with E-state index in [9.17, 15) is 9.59 Å². The number of carbonyl (C=O) groups excluding carboxylic acids is 1. The minimum absolute atomic E-state index is 0.215. The van der Waals surface area contributed by atoms with Crippen LogP contribution in [0.1, 0.15) is 27.9 Å². The van der Waals surface area contributed by atoms with Crippen LogP contribution in [0, 0.1) is 6.92 Å². The van der Waals surface area contributed by atoms with Gasteiger partial charge in [-0.25, -0.2) is 0 Å². The molecule has 1 aromatic heterocycles. The topological polar surface area (TPSA) is 57.6 Å². The fourth-order valence-corrected chi connectivity index (χ4v) is 2.91. The Kier molecular flexibility index (Phi) is 5.14. The van der Waals surface area contributed by atoms with Crippen LogP contribution in [0.2, 0.25) is 0 Å². The van der Waals surface area contributed by atoms with Gasteiger partial charge in [0.15, 0.2) is 0 Å². The molecule has 0 saturated heterocycles. The molecule has 0 aliphatic rings. The van der Waals surface area contributed by atoms with Crippen molar-refractivity contribution in [3.63, 3.8) is 0 Å². The molecule has 4 nitrogen and oxygen atoms in total. The van der Waals surface area contributed by atoms with Gasteiger partial charge in [-0.1, -0.05) is 6.92 Å². The van der Waals surface area contributed by atoms with E-state index in [0.717, 1.165) is 15.8 Å². The number of halogens is 1. The average molecular weight is 320 g/mol. The summed E-state index contributed by atoms with van der Waals surface area (Å²) in [5.74, 6) is -1.20. The third-order valence-electron chi connectivity index (χ3n) is 2.17. The summed E-state index contributed by atoms with van der Waals surface area (Å²) < 4.78 is 0.887. The second-order valence-corrected chi connectivity index (χ2v) is 5.75. The summed E-state index contributed by atoms with van der Waals surface area (Å²) in [7, 11) is 0. The van der Waals surface area contributed by atoms with Crippen molar-refractivity contribution in [1.82, 2.24) is 4.90 Å². The van der Waals surface area contributed by atoms with Gasteiger partial charge in [0.25, 0.3) is 5.91 Å². The molecule has 17 heavy (non-hydrogen) atoms. The molecule has 1 aromatic rings. The molecule has 1 rings (SSSR count). The third-order valence-corrected chi connectivity index (χ3v) is 4.30. The lowest BCUT2D eigenvalue weighted by molar-refractivity contribution is -0.137. The number of aryl methyl sites for hydroxylation is 1. The van der Waals surface area contributed by atoms with Crippen LogP contribution >= 0.6 is 27.3 Å². The van der Waals surface area contributed by atoms with Crippen molar-refractivity contribution < 1.29 is 14.7 Å². The number of hydrogen-bond donors (Lipinski definition) is 1. The van der Waals surface area contributed by atoms with E-state index in [-0.39, 0.29) is 12.5 Å². The Morgan fingerprint density at radius 2 is 2.18 bits per heavy atom. The minimum Gasteiger partial charge on any atom is -0.480 e. The van der Waals surface area contributed by atoms with Crippen LogP contribution in [0.4, 0.5) is 0 Å². The zero-order valence-corrected chi connectivity index (χ0v) is 12.1. The van der Waals surface area contributed by atoms with Gasteiger partial charge in [-0.2, -0.15) is 0 Å². The highest BCUT2D eigenvalue weighted by molar-refractivity contribution is 9.10. The quantitative estimate of drug-likeness (QED) is 0.907. The maximum absolute atomic E-state index is 12.1. The summed E-state index contributed by atoms with van der Waals surface area (Å²) in [6.45, 7) is 4.03. The van der Waals surface area contributed by atoms with Gasteiger partial charge in [-0.05, 0) is 35.3 Å². The average Bonchev–Trinajstić information content (AvgIpc) is 2.57. The number of rotatable bonds is 5. The first kappa shape index (κ1) is 14.2. The Bertz CT molecular complexity index is 411. The summed E-state index contributed by atoms with van der Waals surface area (Å²) in [6, 6.07) is 1.74. The fraction of sp³-hybridized carbons (Fsp3) is 0.455. The molecule has 1 amide bonds. The normalized spacial score (nSPS) is 10.3. The Hall–Kier alpha value is -0.880. The highest BCUT2D eigenvalue weighted by atomic mass is 79.9. The number of carbonyl (C=O) groups is 2. The van der Waals surface area contributed by atoms with E-state index >= 15 is 0 Å². The van der Waals surface area contributed by atoms with Gasteiger partial charge in [0.05, 0.1) is 4.88 Å². The van der Waals surface area contributed by atoms with E-state index < -0.39 is 5.97 Å². The SMILES string of the molecule is CCCN(CC(=O)O)C(=O)c1cc(Br)c(C)s1. The smallest absolute Gasteiger partial charge is 0.323 e. The summed E-state index contributed by atoms with van der Waals surface area (Å²) in [4.78, 5) is 25.7. The van der Waals surface area contributed by atoms with E-state index in [2.05, 4.69) is 15.9 Å². The lowest BCUT2D eigenvalue weighted by atomic mass is 10.3. The van der Waals surface area contributed by atoms with Crippen molar-refractivity contribution in [2.75, 3.05) is 13.1 Å². The van der Waals surface area contributed by atoms with E-state index in [1.807, 2.05) is 13.8 Å². The lowest BCUT2D eigenvalue weighted by Crippen LogP contribution is -2.35. The third kappa shape index (κ3) is 3.81. The van der Waals surface area contributed by atoms with Crippen LogP contribution in [-0.4, -0.2) is 35.0 Å². The second-order valence-electron chi connectivity index (χ2n) is 3.64. The molecule has 0 aromatic carbocycles. The zero-order valence-electron chi connectivity index (χ0n) is 9.70. The molecule has 0 unspecified atom stereocenters. The molecule has 0 spiro atoms. The van der Waals surface area contributed by atoms with Crippen molar-refractivity contribution in [2.45, 2.75) is 20.3 Å². The van der Waals surface area contributed by atoms with Crippen LogP contribution < -0.4 is 0 Å². The van der Waals surface area contributed by atoms with Crippen molar-refractivity contribution >= 4 is 39.1 Å². The number of amides is 1. The van der Waals surface area contributed by atoms with Crippen molar-refractivity contribution in [1.29, 1.82) is 0 Å². The first-order valence-electron chi connectivity index (χ1n) is 5.22. The van der Waals surface area contributed by atoms with Crippen molar-refractivity contribution in [3.8, 4) is 0 Å². The summed E-state index contributed by atoms with van der Waals surface area (Å²) in [5.41, 5.74) is 0. The summed E-state index contributed by atoms with van der Waals surface area (Å²) in [6.07, 6.45) is 0.741. The Labute approximate surface area is 112 Å². The fourth-order valence-electron chi connectivity index (χ4n) is 1.41. The highest BCUT2D eigenvalue weighted by Crippen LogP contribution is 2.27. The number of nitrogens with zero attached hydrogens (tertiary/aromatic N) is 1. The molecule has 0 radical (unpaired) electrons. The molecule has 0 aliphatic heterocycles. The van der Waals surface area contributed by atoms with Crippen LogP contribution in [0.3, 0.4) is 0 Å². The van der Waals surface area contributed by atoms with Gasteiger partial charge < -0.3 is 10.0 Å². The molecule has 0 aliphatic carbocycles. The van der Waals surface area contributed by atoms with Gasteiger partial charge in [-0.15, -0.1) is 11.3 Å². The molecule has 0 atom stereocenters. The molecular formula is C11H14BrNO3S. The van der Waals surface area contributed by atoms with Crippen LogP contribution in [0.15, 0.2) is 10.5 Å². The lowest BCUT2D eigenvalue weighted by Gasteiger charge is -2.18. The summed E-state index contributed by atoms with van der Waals surface area (Å²) >= 11 is 4.72. The molecular weight excluding hydrogens is 306 g/mol. The molecule has 94 valence electrons. The Balaban J connectivity index is 2.87. The van der Waals surface area contributed by atoms with Gasteiger partial charge in [0.2, 0.25) is 0 Å². The predicted octanol–water partition coefficient (Wildman–Crippen LogP) is 2.76. The standard InChI is InChI=1S/C11H14BrNO3S/c1-3-4-13(6-10(14)15)11(16)9-5-8(12)7(2)17-9/h5H,3-4,6H2,1-2H3,(H,14,15). The monoisotopic (exact) mass is 319 g/mol. The second kappa shape index (κ2) is 6.16. The van der Waals surface area contributed by atoms with Crippen LogP contribution in [-0.2, 0) is 4.79 Å². The van der Waals surface area contributed by atoms with Gasteiger partial charge in [0.1, 0.15) is 6.54 Å².